The molecule has 0 aliphatic heterocycles. The van der Waals surface area contributed by atoms with Crippen LogP contribution < -0.4 is 10.5 Å². The van der Waals surface area contributed by atoms with Crippen molar-refractivity contribution in [3.63, 3.8) is 0 Å². The van der Waals surface area contributed by atoms with Crippen LogP contribution in [0.4, 0.5) is 5.82 Å². The van der Waals surface area contributed by atoms with Crippen LogP contribution in [-0.4, -0.2) is 22.7 Å². The minimum atomic E-state index is -0.171. The van der Waals surface area contributed by atoms with Gasteiger partial charge in [-0.15, -0.1) is 0 Å². The number of methoxy groups -OCH3 is 1. The van der Waals surface area contributed by atoms with E-state index in [1.807, 2.05) is 6.07 Å². The second-order valence-corrected chi connectivity index (χ2v) is 4.00. The van der Waals surface area contributed by atoms with Crippen molar-refractivity contribution >= 4 is 11.6 Å². The lowest BCUT2D eigenvalue weighted by atomic mass is 10.0. The number of hydrogen-bond donors (Lipinski definition) is 1. The van der Waals surface area contributed by atoms with Gasteiger partial charge < -0.3 is 10.5 Å². The van der Waals surface area contributed by atoms with Crippen molar-refractivity contribution in [2.45, 2.75) is 6.92 Å². The number of aromatic nitrogens is 2. The van der Waals surface area contributed by atoms with Crippen LogP contribution in [0, 0.1) is 6.92 Å². The number of nitrogens with zero attached hydrogens (tertiary/aromatic N) is 2. The van der Waals surface area contributed by atoms with Crippen LogP contribution in [0.1, 0.15) is 21.6 Å². The van der Waals surface area contributed by atoms with Crippen molar-refractivity contribution in [3.8, 4) is 5.75 Å². The van der Waals surface area contributed by atoms with Crippen molar-refractivity contribution in [1.29, 1.82) is 0 Å². The van der Waals surface area contributed by atoms with Crippen LogP contribution in [-0.2, 0) is 7.05 Å². The molecule has 0 spiro atoms. The van der Waals surface area contributed by atoms with Gasteiger partial charge in [-0.25, -0.2) is 0 Å². The number of benzene rings is 1. The fourth-order valence-corrected chi connectivity index (χ4v) is 1.92. The summed E-state index contributed by atoms with van der Waals surface area (Å²) in [4.78, 5) is 12.5. The van der Waals surface area contributed by atoms with Gasteiger partial charge in [0, 0.05) is 7.05 Å². The Hall–Kier alpha value is -2.30. The lowest BCUT2D eigenvalue weighted by Crippen LogP contribution is -2.08. The molecule has 2 aromatic rings. The number of hydrogen-bond acceptors (Lipinski definition) is 4. The molecule has 94 valence electrons. The summed E-state index contributed by atoms with van der Waals surface area (Å²) in [5.74, 6) is 0.726. The smallest absolute Gasteiger partial charge is 0.202 e. The maximum absolute atomic E-state index is 12.5. The largest absolute Gasteiger partial charge is 0.496 e. The van der Waals surface area contributed by atoms with E-state index in [1.165, 1.54) is 11.8 Å². The van der Waals surface area contributed by atoms with Crippen molar-refractivity contribution in [1.82, 2.24) is 9.78 Å². The number of carbonyl (C=O) groups is 1. The molecule has 1 aromatic carbocycles. The van der Waals surface area contributed by atoms with Gasteiger partial charge in [-0.05, 0) is 19.1 Å². The van der Waals surface area contributed by atoms with Crippen LogP contribution in [0.5, 0.6) is 5.75 Å². The molecule has 2 rings (SSSR count). The first-order chi connectivity index (χ1) is 8.56. The molecule has 0 aliphatic carbocycles. The third-order valence-corrected chi connectivity index (χ3v) is 2.85. The predicted octanol–water partition coefficient (Wildman–Crippen LogP) is 1.55. The molecule has 0 bridgehead atoms. The molecule has 0 aliphatic rings. The zero-order valence-electron chi connectivity index (χ0n) is 10.6. The second kappa shape index (κ2) is 4.52. The van der Waals surface area contributed by atoms with Gasteiger partial charge in [0.05, 0.1) is 23.9 Å². The Morgan fingerprint density at radius 3 is 2.61 bits per heavy atom. The predicted molar refractivity (Wildman–Crippen MR) is 68.8 cm³/mol. The van der Waals surface area contributed by atoms with E-state index in [2.05, 4.69) is 5.10 Å². The molecule has 0 fully saturated rings. The topological polar surface area (TPSA) is 70.1 Å². The molecule has 0 radical (unpaired) electrons. The third kappa shape index (κ3) is 1.84. The highest BCUT2D eigenvalue weighted by molar-refractivity contribution is 6.13. The average molecular weight is 245 g/mol. The molecule has 1 aromatic heterocycles. The van der Waals surface area contributed by atoms with E-state index in [4.69, 9.17) is 10.5 Å². The van der Waals surface area contributed by atoms with Crippen LogP contribution >= 0.6 is 0 Å². The minimum Gasteiger partial charge on any atom is -0.496 e. The number of carbonyl (C=O) groups excluding carboxylic acids is 1. The molecule has 5 heteroatoms. The Bertz CT molecular complexity index is 602. The number of ketones is 1. The average Bonchev–Trinajstić information content (AvgIpc) is 2.62. The highest BCUT2D eigenvalue weighted by atomic mass is 16.5. The molecule has 0 saturated heterocycles. The maximum Gasteiger partial charge on any atom is 0.202 e. The van der Waals surface area contributed by atoms with E-state index in [0.717, 1.165) is 0 Å². The van der Waals surface area contributed by atoms with Gasteiger partial charge in [-0.2, -0.15) is 5.10 Å². The fourth-order valence-electron chi connectivity index (χ4n) is 1.92. The summed E-state index contributed by atoms with van der Waals surface area (Å²) in [7, 11) is 3.24. The van der Waals surface area contributed by atoms with Gasteiger partial charge in [-0.1, -0.05) is 12.1 Å². The summed E-state index contributed by atoms with van der Waals surface area (Å²) < 4.78 is 6.68. The van der Waals surface area contributed by atoms with E-state index >= 15 is 0 Å². The summed E-state index contributed by atoms with van der Waals surface area (Å²) in [5, 5.41) is 4.14. The molecule has 0 amide bonds. The number of nitrogen functional groups attached to an aromatic ring is 1. The van der Waals surface area contributed by atoms with Crippen molar-refractivity contribution in [2.75, 3.05) is 12.8 Å². The Kier molecular flexibility index (Phi) is 3.06. The van der Waals surface area contributed by atoms with Gasteiger partial charge in [0.1, 0.15) is 11.6 Å². The first-order valence-corrected chi connectivity index (χ1v) is 5.53. The molecule has 18 heavy (non-hydrogen) atoms. The maximum atomic E-state index is 12.5. The zero-order valence-corrected chi connectivity index (χ0v) is 10.6. The number of nitrogens with two attached hydrogens (primary N) is 1. The minimum absolute atomic E-state index is 0.171. The number of ether oxygens (including phenoxy) is 1. The molecule has 0 atom stereocenters. The van der Waals surface area contributed by atoms with Crippen LogP contribution in [0.15, 0.2) is 24.3 Å². The van der Waals surface area contributed by atoms with Crippen LogP contribution in [0.2, 0.25) is 0 Å². The van der Waals surface area contributed by atoms with Gasteiger partial charge in [0.15, 0.2) is 0 Å². The van der Waals surface area contributed by atoms with E-state index in [0.29, 0.717) is 28.4 Å². The Morgan fingerprint density at radius 1 is 1.39 bits per heavy atom. The monoisotopic (exact) mass is 245 g/mol. The lowest BCUT2D eigenvalue weighted by Gasteiger charge is -2.07. The zero-order chi connectivity index (χ0) is 13.3. The van der Waals surface area contributed by atoms with Crippen LogP contribution in [0.25, 0.3) is 0 Å². The van der Waals surface area contributed by atoms with Crippen molar-refractivity contribution in [3.05, 3.63) is 41.1 Å². The summed E-state index contributed by atoms with van der Waals surface area (Å²) in [6, 6.07) is 7.06. The summed E-state index contributed by atoms with van der Waals surface area (Å²) in [6.45, 7) is 1.76. The third-order valence-electron chi connectivity index (χ3n) is 2.85. The van der Waals surface area contributed by atoms with Gasteiger partial charge >= 0.3 is 0 Å². The van der Waals surface area contributed by atoms with Gasteiger partial charge in [-0.3, -0.25) is 9.48 Å². The highest BCUT2D eigenvalue weighted by Gasteiger charge is 2.22. The first kappa shape index (κ1) is 12.2. The molecule has 0 unspecified atom stereocenters. The van der Waals surface area contributed by atoms with Crippen molar-refractivity contribution in [2.24, 2.45) is 7.05 Å². The quantitative estimate of drug-likeness (QED) is 0.833. The Morgan fingerprint density at radius 2 is 2.06 bits per heavy atom. The highest BCUT2D eigenvalue weighted by Crippen LogP contribution is 2.25. The number of anilines is 1. The van der Waals surface area contributed by atoms with Crippen LogP contribution in [0.3, 0.4) is 0 Å². The number of para-hydroxylation sites is 1. The normalized spacial score (nSPS) is 10.4. The lowest BCUT2D eigenvalue weighted by molar-refractivity contribution is 0.103. The summed E-state index contributed by atoms with van der Waals surface area (Å²) in [6.07, 6.45) is 0. The second-order valence-electron chi connectivity index (χ2n) is 4.00. The molecule has 1 heterocycles. The van der Waals surface area contributed by atoms with Gasteiger partial charge in [0.2, 0.25) is 5.78 Å². The van der Waals surface area contributed by atoms with E-state index in [1.54, 1.807) is 32.2 Å². The molecule has 0 saturated carbocycles. The molecule has 2 N–H and O–H groups in total. The Labute approximate surface area is 105 Å². The standard InChI is InChI=1S/C13H15N3O2/c1-8-11(13(14)16(2)15-8)12(17)9-6-4-5-7-10(9)18-3/h4-7H,14H2,1-3H3. The SMILES string of the molecule is COc1ccccc1C(=O)c1c(C)nn(C)c1N. The molecular formula is C13H15N3O2. The Balaban J connectivity index is 2.55. The van der Waals surface area contributed by atoms with Gasteiger partial charge in [0.25, 0.3) is 0 Å². The number of rotatable bonds is 3. The number of aryl methyl sites for hydroxylation is 2. The summed E-state index contributed by atoms with van der Waals surface area (Å²) in [5.41, 5.74) is 7.41. The van der Waals surface area contributed by atoms with Crippen molar-refractivity contribution < 1.29 is 9.53 Å². The van der Waals surface area contributed by atoms with E-state index in [-0.39, 0.29) is 5.78 Å². The molecule has 5 nitrogen and oxygen atoms in total. The fraction of sp³-hybridized carbons (Fsp3) is 0.231. The molecular weight excluding hydrogens is 230 g/mol. The van der Waals surface area contributed by atoms with E-state index < -0.39 is 0 Å². The van der Waals surface area contributed by atoms with E-state index in [9.17, 15) is 4.79 Å². The first-order valence-electron chi connectivity index (χ1n) is 5.53. The summed E-state index contributed by atoms with van der Waals surface area (Å²) >= 11 is 0.